The van der Waals surface area contributed by atoms with Crippen LogP contribution in [0.5, 0.6) is 0 Å². The van der Waals surface area contributed by atoms with Gasteiger partial charge in [-0.1, -0.05) is 48.0 Å². The summed E-state index contributed by atoms with van der Waals surface area (Å²) in [5.41, 5.74) is 1.50. The molecular formula is C21H21ClN2OS. The summed E-state index contributed by atoms with van der Waals surface area (Å²) in [5.74, 6) is 0. The van der Waals surface area contributed by atoms with Gasteiger partial charge in [0.25, 0.3) is 0 Å². The first-order valence-corrected chi connectivity index (χ1v) is 10.1. The van der Waals surface area contributed by atoms with Gasteiger partial charge < -0.3 is 5.11 Å². The number of aromatic nitrogens is 1. The lowest BCUT2D eigenvalue weighted by atomic mass is 9.86. The molecule has 1 N–H and O–H groups in total. The fourth-order valence-electron chi connectivity index (χ4n) is 3.58. The first-order valence-electron chi connectivity index (χ1n) is 8.86. The minimum absolute atomic E-state index is 0.600. The van der Waals surface area contributed by atoms with Crippen LogP contribution in [-0.4, -0.2) is 28.1 Å². The summed E-state index contributed by atoms with van der Waals surface area (Å²) < 4.78 is 0. The van der Waals surface area contributed by atoms with Crippen molar-refractivity contribution in [2.75, 3.05) is 13.1 Å². The zero-order valence-electron chi connectivity index (χ0n) is 14.4. The van der Waals surface area contributed by atoms with E-state index in [2.05, 4.69) is 22.0 Å². The first kappa shape index (κ1) is 17.7. The maximum atomic E-state index is 11.7. The van der Waals surface area contributed by atoms with Crippen LogP contribution < -0.4 is 0 Å². The molecule has 3 aromatic rings. The van der Waals surface area contributed by atoms with E-state index in [9.17, 15) is 5.11 Å². The standard InChI is InChI=1S/C21H21ClN2OS/c22-19-5-3-4-18(14-19)21(25,20-23-10-13-26-20)17-8-6-16(7-9-17)15-24-11-1-2-12-24/h3-10,13-14,25H,1-2,11-12,15H2. The Bertz CT molecular complexity index is 860. The molecule has 2 aromatic carbocycles. The van der Waals surface area contributed by atoms with Gasteiger partial charge in [-0.15, -0.1) is 11.3 Å². The van der Waals surface area contributed by atoms with E-state index in [0.717, 1.165) is 17.7 Å². The van der Waals surface area contributed by atoms with Gasteiger partial charge in [0.15, 0.2) is 5.60 Å². The van der Waals surface area contributed by atoms with Crippen molar-refractivity contribution in [3.63, 3.8) is 0 Å². The summed E-state index contributed by atoms with van der Waals surface area (Å²) in [5, 5.41) is 14.8. The molecule has 1 atom stereocenters. The maximum Gasteiger partial charge on any atom is 0.166 e. The molecule has 134 valence electrons. The molecule has 0 bridgehead atoms. The second kappa shape index (κ2) is 7.49. The van der Waals surface area contributed by atoms with E-state index in [1.54, 1.807) is 12.3 Å². The van der Waals surface area contributed by atoms with E-state index in [-0.39, 0.29) is 0 Å². The highest BCUT2D eigenvalue weighted by molar-refractivity contribution is 7.09. The molecule has 26 heavy (non-hydrogen) atoms. The van der Waals surface area contributed by atoms with Crippen LogP contribution in [-0.2, 0) is 12.1 Å². The van der Waals surface area contributed by atoms with E-state index < -0.39 is 5.60 Å². The predicted molar refractivity (Wildman–Crippen MR) is 107 cm³/mol. The van der Waals surface area contributed by atoms with E-state index in [1.807, 2.05) is 35.7 Å². The highest BCUT2D eigenvalue weighted by atomic mass is 35.5. The summed E-state index contributed by atoms with van der Waals surface area (Å²) >= 11 is 7.63. The molecule has 1 saturated heterocycles. The van der Waals surface area contributed by atoms with Crippen LogP contribution in [0.15, 0.2) is 60.1 Å². The van der Waals surface area contributed by atoms with Crippen LogP contribution in [0.25, 0.3) is 0 Å². The quantitative estimate of drug-likeness (QED) is 0.694. The van der Waals surface area contributed by atoms with Crippen LogP contribution >= 0.6 is 22.9 Å². The molecular weight excluding hydrogens is 364 g/mol. The van der Waals surface area contributed by atoms with Crippen LogP contribution in [0.1, 0.15) is 34.5 Å². The normalized spacial score (nSPS) is 17.3. The van der Waals surface area contributed by atoms with E-state index in [1.165, 1.54) is 42.8 Å². The summed E-state index contributed by atoms with van der Waals surface area (Å²) in [6.45, 7) is 3.31. The molecule has 0 radical (unpaired) electrons. The molecule has 5 heteroatoms. The number of nitrogens with zero attached hydrogens (tertiary/aromatic N) is 2. The summed E-state index contributed by atoms with van der Waals surface area (Å²) in [6.07, 6.45) is 4.30. The largest absolute Gasteiger partial charge is 0.374 e. The van der Waals surface area contributed by atoms with Crippen LogP contribution in [0.3, 0.4) is 0 Å². The summed E-state index contributed by atoms with van der Waals surface area (Å²) in [6, 6.07) is 15.6. The molecule has 0 saturated carbocycles. The Morgan fingerprint density at radius 1 is 1.08 bits per heavy atom. The number of aliphatic hydroxyl groups is 1. The fourth-order valence-corrected chi connectivity index (χ4v) is 4.55. The number of halogens is 1. The minimum atomic E-state index is -1.30. The lowest BCUT2D eigenvalue weighted by Crippen LogP contribution is -2.28. The second-order valence-corrected chi connectivity index (χ2v) is 8.07. The molecule has 1 unspecified atom stereocenters. The van der Waals surface area contributed by atoms with Crippen LogP contribution in [0, 0.1) is 0 Å². The number of hydrogen-bond acceptors (Lipinski definition) is 4. The number of hydrogen-bond donors (Lipinski definition) is 1. The second-order valence-electron chi connectivity index (χ2n) is 6.74. The van der Waals surface area contributed by atoms with Crippen molar-refractivity contribution in [1.29, 1.82) is 0 Å². The first-order chi connectivity index (χ1) is 12.7. The average Bonchev–Trinajstić information content (AvgIpc) is 3.36. The SMILES string of the molecule is OC(c1ccc(CN2CCCC2)cc1)(c1cccc(Cl)c1)c1nccs1. The zero-order chi connectivity index (χ0) is 18.0. The highest BCUT2D eigenvalue weighted by Crippen LogP contribution is 2.38. The Kier molecular flexibility index (Phi) is 5.09. The minimum Gasteiger partial charge on any atom is -0.374 e. The van der Waals surface area contributed by atoms with Gasteiger partial charge in [-0.2, -0.15) is 0 Å². The average molecular weight is 385 g/mol. The smallest absolute Gasteiger partial charge is 0.166 e. The van der Waals surface area contributed by atoms with E-state index in [0.29, 0.717) is 10.0 Å². The van der Waals surface area contributed by atoms with E-state index >= 15 is 0 Å². The van der Waals surface area contributed by atoms with Gasteiger partial charge in [-0.3, -0.25) is 4.90 Å². The van der Waals surface area contributed by atoms with Crippen molar-refractivity contribution in [1.82, 2.24) is 9.88 Å². The van der Waals surface area contributed by atoms with Crippen molar-refractivity contribution < 1.29 is 5.11 Å². The Labute approximate surface area is 162 Å². The number of thiazole rings is 1. The molecule has 0 spiro atoms. The Morgan fingerprint density at radius 3 is 2.50 bits per heavy atom. The topological polar surface area (TPSA) is 36.4 Å². The van der Waals surface area contributed by atoms with E-state index in [4.69, 9.17) is 11.6 Å². The molecule has 1 fully saturated rings. The van der Waals surface area contributed by atoms with Crippen molar-refractivity contribution in [2.45, 2.75) is 25.0 Å². The Hall–Kier alpha value is -1.72. The highest BCUT2D eigenvalue weighted by Gasteiger charge is 2.36. The third-order valence-electron chi connectivity index (χ3n) is 4.96. The van der Waals surface area contributed by atoms with Crippen molar-refractivity contribution in [2.24, 2.45) is 0 Å². The molecule has 0 amide bonds. The maximum absolute atomic E-state index is 11.7. The fraction of sp³-hybridized carbons (Fsp3) is 0.286. The van der Waals surface area contributed by atoms with Gasteiger partial charge in [-0.25, -0.2) is 4.98 Å². The van der Waals surface area contributed by atoms with Crippen molar-refractivity contribution in [3.05, 3.63) is 86.8 Å². The number of benzene rings is 2. The number of likely N-dealkylation sites (tertiary alicyclic amines) is 1. The van der Waals surface area contributed by atoms with Crippen LogP contribution in [0.2, 0.25) is 5.02 Å². The molecule has 1 aliphatic heterocycles. The van der Waals surface area contributed by atoms with Crippen molar-refractivity contribution in [3.8, 4) is 0 Å². The van der Waals surface area contributed by atoms with Gasteiger partial charge in [0.05, 0.1) is 0 Å². The number of rotatable bonds is 5. The van der Waals surface area contributed by atoms with Gasteiger partial charge in [0.2, 0.25) is 0 Å². The van der Waals surface area contributed by atoms with Gasteiger partial charge >= 0.3 is 0 Å². The lowest BCUT2D eigenvalue weighted by Gasteiger charge is -2.28. The molecule has 0 aliphatic carbocycles. The molecule has 3 nitrogen and oxygen atoms in total. The summed E-state index contributed by atoms with van der Waals surface area (Å²) in [7, 11) is 0. The third kappa shape index (κ3) is 3.42. The predicted octanol–water partition coefficient (Wildman–Crippen LogP) is 4.68. The molecule has 2 heterocycles. The van der Waals surface area contributed by atoms with Gasteiger partial charge in [0, 0.05) is 23.1 Å². The molecule has 1 aromatic heterocycles. The molecule has 4 rings (SSSR count). The Morgan fingerprint density at radius 2 is 1.85 bits per heavy atom. The van der Waals surface area contributed by atoms with Crippen LogP contribution in [0.4, 0.5) is 0 Å². The Balaban J connectivity index is 1.70. The summed E-state index contributed by atoms with van der Waals surface area (Å²) in [4.78, 5) is 6.86. The zero-order valence-corrected chi connectivity index (χ0v) is 16.0. The van der Waals surface area contributed by atoms with Crippen molar-refractivity contribution >= 4 is 22.9 Å². The van der Waals surface area contributed by atoms with Gasteiger partial charge in [0.1, 0.15) is 5.01 Å². The third-order valence-corrected chi connectivity index (χ3v) is 6.08. The molecule has 1 aliphatic rings. The monoisotopic (exact) mass is 384 g/mol. The lowest BCUT2D eigenvalue weighted by molar-refractivity contribution is 0.125. The van der Waals surface area contributed by atoms with Gasteiger partial charge in [-0.05, 0) is 54.8 Å².